The number of anilines is 1. The molecule has 0 aromatic carbocycles. The zero-order valence-corrected chi connectivity index (χ0v) is 11.9. The summed E-state index contributed by atoms with van der Waals surface area (Å²) in [5, 5.41) is 3.15. The first-order chi connectivity index (χ1) is 9.36. The monoisotopic (exact) mass is 268 g/mol. The minimum atomic E-state index is 0.570. The molecule has 5 nitrogen and oxygen atoms in total. The van der Waals surface area contributed by atoms with Crippen LogP contribution in [0.2, 0.25) is 0 Å². The van der Waals surface area contributed by atoms with Gasteiger partial charge >= 0.3 is 0 Å². The van der Waals surface area contributed by atoms with Crippen molar-refractivity contribution in [2.75, 3.05) is 45.4 Å². The summed E-state index contributed by atoms with van der Waals surface area (Å²) < 4.78 is 15.8. The molecule has 1 aromatic rings. The first-order valence-corrected chi connectivity index (χ1v) is 6.70. The molecule has 0 fully saturated rings. The van der Waals surface area contributed by atoms with E-state index in [4.69, 9.17) is 14.2 Å². The van der Waals surface area contributed by atoms with Crippen LogP contribution in [-0.4, -0.2) is 45.1 Å². The Kier molecular flexibility index (Phi) is 8.97. The Labute approximate surface area is 115 Å². The van der Waals surface area contributed by atoms with Gasteiger partial charge in [-0.05, 0) is 25.0 Å². The molecule has 0 saturated heterocycles. The van der Waals surface area contributed by atoms with Crippen LogP contribution in [-0.2, 0) is 20.8 Å². The number of rotatable bonds is 11. The molecule has 0 spiro atoms. The second kappa shape index (κ2) is 10.7. The van der Waals surface area contributed by atoms with Crippen LogP contribution in [0.15, 0.2) is 18.3 Å². The van der Waals surface area contributed by atoms with Gasteiger partial charge in [0, 0.05) is 33.1 Å². The van der Waals surface area contributed by atoms with E-state index in [1.807, 2.05) is 25.3 Å². The number of ether oxygens (including phenoxy) is 3. The predicted molar refractivity (Wildman–Crippen MR) is 75.4 cm³/mol. The van der Waals surface area contributed by atoms with Gasteiger partial charge in [-0.25, -0.2) is 4.98 Å². The van der Waals surface area contributed by atoms with Crippen molar-refractivity contribution in [1.82, 2.24) is 4.98 Å². The fraction of sp³-hybridized carbons (Fsp3) is 0.643. The summed E-state index contributed by atoms with van der Waals surface area (Å²) in [7, 11) is 1.69. The highest BCUT2D eigenvalue weighted by molar-refractivity contribution is 5.34. The zero-order valence-electron chi connectivity index (χ0n) is 11.9. The second-order valence-electron chi connectivity index (χ2n) is 4.09. The highest BCUT2D eigenvalue weighted by Gasteiger charge is 1.96. The molecule has 0 unspecified atom stereocenters. The van der Waals surface area contributed by atoms with Gasteiger partial charge in [0.15, 0.2) is 0 Å². The fourth-order valence-corrected chi connectivity index (χ4v) is 1.51. The van der Waals surface area contributed by atoms with E-state index in [9.17, 15) is 0 Å². The molecule has 108 valence electrons. The minimum Gasteiger partial charge on any atom is -0.385 e. The molecule has 0 bridgehead atoms. The molecule has 0 aliphatic rings. The summed E-state index contributed by atoms with van der Waals surface area (Å²) in [6.07, 6.45) is 2.75. The Morgan fingerprint density at radius 1 is 1.11 bits per heavy atom. The molecule has 1 heterocycles. The average molecular weight is 268 g/mol. The van der Waals surface area contributed by atoms with Crippen LogP contribution in [0.3, 0.4) is 0 Å². The van der Waals surface area contributed by atoms with E-state index in [0.717, 1.165) is 37.6 Å². The van der Waals surface area contributed by atoms with Crippen LogP contribution < -0.4 is 5.32 Å². The first kappa shape index (κ1) is 15.9. The molecule has 0 aliphatic carbocycles. The van der Waals surface area contributed by atoms with Crippen LogP contribution in [0.5, 0.6) is 0 Å². The summed E-state index contributed by atoms with van der Waals surface area (Å²) in [5.74, 6) is 0.896. The Bertz CT molecular complexity index is 317. The zero-order chi connectivity index (χ0) is 13.8. The van der Waals surface area contributed by atoms with Crippen LogP contribution in [0.1, 0.15) is 18.9 Å². The maximum Gasteiger partial charge on any atom is 0.125 e. The van der Waals surface area contributed by atoms with Gasteiger partial charge in [-0.2, -0.15) is 0 Å². The van der Waals surface area contributed by atoms with Crippen molar-refractivity contribution in [3.8, 4) is 0 Å². The van der Waals surface area contributed by atoms with Gasteiger partial charge in [0.05, 0.1) is 19.8 Å². The van der Waals surface area contributed by atoms with Crippen molar-refractivity contribution in [3.63, 3.8) is 0 Å². The van der Waals surface area contributed by atoms with Crippen molar-refractivity contribution >= 4 is 5.82 Å². The van der Waals surface area contributed by atoms with E-state index < -0.39 is 0 Å². The van der Waals surface area contributed by atoms with E-state index in [1.54, 1.807) is 7.11 Å². The summed E-state index contributed by atoms with van der Waals surface area (Å²) in [5.41, 5.74) is 1.07. The highest BCUT2D eigenvalue weighted by atomic mass is 16.5. The molecule has 0 saturated carbocycles. The summed E-state index contributed by atoms with van der Waals surface area (Å²) in [6, 6.07) is 3.98. The molecule has 5 heteroatoms. The molecule has 1 rings (SSSR count). The van der Waals surface area contributed by atoms with Gasteiger partial charge < -0.3 is 19.5 Å². The number of hydrogen-bond acceptors (Lipinski definition) is 5. The summed E-state index contributed by atoms with van der Waals surface area (Å²) in [4.78, 5) is 4.28. The Hall–Kier alpha value is -1.17. The Balaban J connectivity index is 2.02. The maximum absolute atomic E-state index is 5.51. The molecule has 0 atom stereocenters. The van der Waals surface area contributed by atoms with Crippen molar-refractivity contribution in [2.24, 2.45) is 0 Å². The molecular formula is C14H24N2O3. The predicted octanol–water partition coefficient (Wildman–Crippen LogP) is 2.08. The molecular weight excluding hydrogens is 244 g/mol. The quantitative estimate of drug-likeness (QED) is 0.623. The van der Waals surface area contributed by atoms with Crippen molar-refractivity contribution in [1.29, 1.82) is 0 Å². The van der Waals surface area contributed by atoms with Gasteiger partial charge in [-0.3, -0.25) is 0 Å². The number of nitrogens with zero attached hydrogens (tertiary/aromatic N) is 1. The van der Waals surface area contributed by atoms with Crippen LogP contribution >= 0.6 is 0 Å². The van der Waals surface area contributed by atoms with Gasteiger partial charge in [0.1, 0.15) is 5.82 Å². The number of methoxy groups -OCH3 is 1. The average Bonchev–Trinajstić information content (AvgIpc) is 2.44. The Morgan fingerprint density at radius 2 is 1.95 bits per heavy atom. The lowest BCUT2D eigenvalue weighted by Crippen LogP contribution is -2.07. The first-order valence-electron chi connectivity index (χ1n) is 6.70. The second-order valence-corrected chi connectivity index (χ2v) is 4.09. The molecule has 0 radical (unpaired) electrons. The largest absolute Gasteiger partial charge is 0.385 e. The molecule has 0 amide bonds. The molecule has 1 N–H and O–H groups in total. The van der Waals surface area contributed by atoms with Crippen LogP contribution in [0.25, 0.3) is 0 Å². The van der Waals surface area contributed by atoms with E-state index in [1.165, 1.54) is 0 Å². The van der Waals surface area contributed by atoms with Crippen LogP contribution in [0.4, 0.5) is 5.82 Å². The smallest absolute Gasteiger partial charge is 0.125 e. The minimum absolute atomic E-state index is 0.570. The molecule has 19 heavy (non-hydrogen) atoms. The summed E-state index contributed by atoms with van der Waals surface area (Å²) >= 11 is 0. The standard InChI is InChI=1S/C14H24N2O3/c1-3-15-14-6-5-13(11-16-14)12-19-10-9-18-8-4-7-17-2/h5-6,11H,3-4,7-10,12H2,1-2H3,(H,15,16). The van der Waals surface area contributed by atoms with Gasteiger partial charge in [0.2, 0.25) is 0 Å². The number of aromatic nitrogens is 1. The van der Waals surface area contributed by atoms with Gasteiger partial charge in [-0.15, -0.1) is 0 Å². The SMILES string of the molecule is CCNc1ccc(COCCOCCCOC)cn1. The third kappa shape index (κ3) is 7.77. The highest BCUT2D eigenvalue weighted by Crippen LogP contribution is 2.05. The fourth-order valence-electron chi connectivity index (χ4n) is 1.51. The van der Waals surface area contributed by atoms with Crippen molar-refractivity contribution in [2.45, 2.75) is 20.0 Å². The van der Waals surface area contributed by atoms with Crippen molar-refractivity contribution < 1.29 is 14.2 Å². The lowest BCUT2D eigenvalue weighted by molar-refractivity contribution is 0.0336. The van der Waals surface area contributed by atoms with Gasteiger partial charge in [0.25, 0.3) is 0 Å². The van der Waals surface area contributed by atoms with E-state index in [2.05, 4.69) is 10.3 Å². The lowest BCUT2D eigenvalue weighted by Gasteiger charge is -2.06. The number of nitrogens with one attached hydrogen (secondary N) is 1. The molecule has 1 aromatic heterocycles. The van der Waals surface area contributed by atoms with E-state index >= 15 is 0 Å². The van der Waals surface area contributed by atoms with Gasteiger partial charge in [-0.1, -0.05) is 6.07 Å². The Morgan fingerprint density at radius 3 is 2.63 bits per heavy atom. The van der Waals surface area contributed by atoms with E-state index in [0.29, 0.717) is 19.8 Å². The van der Waals surface area contributed by atoms with E-state index in [-0.39, 0.29) is 0 Å². The summed E-state index contributed by atoms with van der Waals surface area (Å²) in [6.45, 7) is 6.17. The van der Waals surface area contributed by atoms with Crippen LogP contribution in [0, 0.1) is 0 Å². The van der Waals surface area contributed by atoms with Crippen molar-refractivity contribution in [3.05, 3.63) is 23.9 Å². The number of hydrogen-bond donors (Lipinski definition) is 1. The normalized spacial score (nSPS) is 10.6. The third-order valence-corrected chi connectivity index (χ3v) is 2.46. The molecule has 0 aliphatic heterocycles. The topological polar surface area (TPSA) is 52.6 Å². The third-order valence-electron chi connectivity index (χ3n) is 2.46. The maximum atomic E-state index is 5.51. The number of pyridine rings is 1. The lowest BCUT2D eigenvalue weighted by atomic mass is 10.3.